The maximum Gasteiger partial charge on any atom is 0.311 e. The Morgan fingerprint density at radius 3 is 2.11 bits per heavy atom. The van der Waals surface area contributed by atoms with Gasteiger partial charge in [0.05, 0.1) is 18.1 Å². The lowest BCUT2D eigenvalue weighted by Gasteiger charge is -2.23. The molecule has 1 atom stereocenters. The second-order valence-electron chi connectivity index (χ2n) is 7.16. The van der Waals surface area contributed by atoms with Gasteiger partial charge in [0.1, 0.15) is 0 Å². The zero-order valence-corrected chi connectivity index (χ0v) is 16.4. The molecule has 0 unspecified atom stereocenters. The lowest BCUT2D eigenvalue weighted by molar-refractivity contribution is -0.385. The van der Waals surface area contributed by atoms with Crippen molar-refractivity contribution in [3.05, 3.63) is 69.3 Å². The summed E-state index contributed by atoms with van der Waals surface area (Å²) in [5.74, 6) is 0.367. The average Bonchev–Trinajstić information content (AvgIpc) is 2.65. The molecular weight excluding hydrogens is 344 g/mol. The molecular formula is C21H26N2O4. The molecule has 0 bridgehead atoms. The first-order valence-electron chi connectivity index (χ1n) is 8.97. The van der Waals surface area contributed by atoms with Gasteiger partial charge in [-0.05, 0) is 35.1 Å². The van der Waals surface area contributed by atoms with E-state index in [1.807, 2.05) is 26.0 Å². The van der Waals surface area contributed by atoms with Crippen LogP contribution in [-0.2, 0) is 0 Å². The number of nitrogens with one attached hydrogen (secondary N) is 1. The number of ether oxygens (including phenoxy) is 1. The molecule has 0 aliphatic carbocycles. The highest BCUT2D eigenvalue weighted by Crippen LogP contribution is 2.29. The lowest BCUT2D eigenvalue weighted by atomic mass is 9.93. The third-order valence-corrected chi connectivity index (χ3v) is 4.55. The van der Waals surface area contributed by atoms with E-state index in [9.17, 15) is 14.9 Å². The Morgan fingerprint density at radius 1 is 1.04 bits per heavy atom. The molecule has 1 N–H and O–H groups in total. The summed E-state index contributed by atoms with van der Waals surface area (Å²) in [6.45, 7) is 8.32. The number of rotatable bonds is 7. The molecule has 0 aliphatic rings. The number of benzene rings is 2. The standard InChI is InChI=1S/C21H26N2O4/c1-13(2)15-6-8-16(9-7-15)20(14(3)4)22-21(24)17-10-11-19(27-5)18(12-17)23(25)26/h6-14,20H,1-5H3,(H,22,24)/t20-/m1/s1. The highest BCUT2D eigenvalue weighted by molar-refractivity contribution is 5.95. The Bertz CT molecular complexity index is 813. The minimum absolute atomic E-state index is 0.126. The quantitative estimate of drug-likeness (QED) is 0.558. The smallest absolute Gasteiger partial charge is 0.311 e. The van der Waals surface area contributed by atoms with Gasteiger partial charge in [0.15, 0.2) is 5.75 Å². The number of amides is 1. The van der Waals surface area contributed by atoms with Crippen LogP contribution in [0.1, 0.15) is 61.1 Å². The van der Waals surface area contributed by atoms with E-state index < -0.39 is 4.92 Å². The minimum atomic E-state index is -0.555. The molecule has 6 heteroatoms. The van der Waals surface area contributed by atoms with Crippen molar-refractivity contribution in [2.45, 2.75) is 39.7 Å². The predicted octanol–water partition coefficient (Wildman–Crippen LogP) is 4.85. The fourth-order valence-electron chi connectivity index (χ4n) is 2.92. The largest absolute Gasteiger partial charge is 0.490 e. The number of carbonyl (C=O) groups is 1. The van der Waals surface area contributed by atoms with Gasteiger partial charge in [-0.3, -0.25) is 14.9 Å². The van der Waals surface area contributed by atoms with E-state index in [1.54, 1.807) is 0 Å². The topological polar surface area (TPSA) is 81.5 Å². The Hall–Kier alpha value is -2.89. The van der Waals surface area contributed by atoms with Gasteiger partial charge in [-0.1, -0.05) is 52.0 Å². The molecule has 0 saturated heterocycles. The zero-order chi connectivity index (χ0) is 20.1. The van der Waals surface area contributed by atoms with E-state index in [4.69, 9.17) is 4.74 Å². The number of hydrogen-bond acceptors (Lipinski definition) is 4. The van der Waals surface area contributed by atoms with Crippen molar-refractivity contribution in [1.29, 1.82) is 0 Å². The summed E-state index contributed by atoms with van der Waals surface area (Å²) in [5.41, 5.74) is 2.24. The van der Waals surface area contributed by atoms with E-state index >= 15 is 0 Å². The molecule has 0 aromatic heterocycles. The van der Waals surface area contributed by atoms with Crippen molar-refractivity contribution in [3.8, 4) is 5.75 Å². The van der Waals surface area contributed by atoms with Gasteiger partial charge < -0.3 is 10.1 Å². The molecule has 2 rings (SSSR count). The van der Waals surface area contributed by atoms with Crippen LogP contribution in [0.25, 0.3) is 0 Å². The molecule has 6 nitrogen and oxygen atoms in total. The fraction of sp³-hybridized carbons (Fsp3) is 0.381. The van der Waals surface area contributed by atoms with E-state index in [2.05, 4.69) is 31.3 Å². The van der Waals surface area contributed by atoms with Gasteiger partial charge in [-0.25, -0.2) is 0 Å². The average molecular weight is 370 g/mol. The molecule has 0 spiro atoms. The van der Waals surface area contributed by atoms with Gasteiger partial charge in [0, 0.05) is 11.6 Å². The molecule has 0 fully saturated rings. The van der Waals surface area contributed by atoms with Crippen LogP contribution in [0.5, 0.6) is 5.75 Å². The molecule has 144 valence electrons. The summed E-state index contributed by atoms with van der Waals surface area (Å²) in [4.78, 5) is 23.3. The van der Waals surface area contributed by atoms with Crippen LogP contribution in [0, 0.1) is 16.0 Å². The van der Waals surface area contributed by atoms with Gasteiger partial charge >= 0.3 is 5.69 Å². The molecule has 0 saturated carbocycles. The Morgan fingerprint density at radius 2 is 1.63 bits per heavy atom. The van der Waals surface area contributed by atoms with E-state index in [0.29, 0.717) is 5.92 Å². The van der Waals surface area contributed by atoms with Gasteiger partial charge in [0.25, 0.3) is 5.91 Å². The molecule has 0 aliphatic heterocycles. The Kier molecular flexibility index (Phi) is 6.55. The second-order valence-corrected chi connectivity index (χ2v) is 7.16. The fourth-order valence-corrected chi connectivity index (χ4v) is 2.92. The molecule has 1 amide bonds. The molecule has 0 radical (unpaired) electrons. The van der Waals surface area contributed by atoms with Gasteiger partial charge in [0.2, 0.25) is 0 Å². The summed E-state index contributed by atoms with van der Waals surface area (Å²) in [7, 11) is 1.36. The number of nitro groups is 1. The maximum absolute atomic E-state index is 12.7. The number of nitro benzene ring substituents is 1. The van der Waals surface area contributed by atoms with Crippen molar-refractivity contribution in [2.75, 3.05) is 7.11 Å². The minimum Gasteiger partial charge on any atom is -0.490 e. The van der Waals surface area contributed by atoms with Crippen LogP contribution in [-0.4, -0.2) is 17.9 Å². The SMILES string of the molecule is COc1ccc(C(=O)N[C@@H](c2ccc(C(C)C)cc2)C(C)C)cc1[N+](=O)[O-]. The van der Waals surface area contributed by atoms with Crippen molar-refractivity contribution in [3.63, 3.8) is 0 Å². The molecule has 0 heterocycles. The van der Waals surface area contributed by atoms with Crippen LogP contribution >= 0.6 is 0 Å². The number of methoxy groups -OCH3 is 1. The Labute approximate surface area is 159 Å². The van der Waals surface area contributed by atoms with Crippen LogP contribution < -0.4 is 10.1 Å². The van der Waals surface area contributed by atoms with Crippen molar-refractivity contribution < 1.29 is 14.5 Å². The third-order valence-electron chi connectivity index (χ3n) is 4.55. The highest BCUT2D eigenvalue weighted by atomic mass is 16.6. The van der Waals surface area contributed by atoms with Crippen LogP contribution in [0.4, 0.5) is 5.69 Å². The van der Waals surface area contributed by atoms with Crippen molar-refractivity contribution in [1.82, 2.24) is 5.32 Å². The van der Waals surface area contributed by atoms with Crippen LogP contribution in [0.3, 0.4) is 0 Å². The maximum atomic E-state index is 12.7. The highest BCUT2D eigenvalue weighted by Gasteiger charge is 2.22. The summed E-state index contributed by atoms with van der Waals surface area (Å²) in [5, 5.41) is 14.2. The summed E-state index contributed by atoms with van der Waals surface area (Å²) in [6.07, 6.45) is 0. The summed E-state index contributed by atoms with van der Waals surface area (Å²) < 4.78 is 4.99. The normalized spacial score (nSPS) is 12.1. The third kappa shape index (κ3) is 4.84. The molecule has 27 heavy (non-hydrogen) atoms. The van der Waals surface area contributed by atoms with Crippen molar-refractivity contribution >= 4 is 11.6 Å². The molecule has 2 aromatic carbocycles. The summed E-state index contributed by atoms with van der Waals surface area (Å²) >= 11 is 0. The Balaban J connectivity index is 2.27. The predicted molar refractivity (Wildman–Crippen MR) is 105 cm³/mol. The molecule has 2 aromatic rings. The number of carbonyl (C=O) groups excluding carboxylic acids is 1. The zero-order valence-electron chi connectivity index (χ0n) is 16.4. The number of nitrogens with zero attached hydrogens (tertiary/aromatic N) is 1. The lowest BCUT2D eigenvalue weighted by Crippen LogP contribution is -2.31. The first-order valence-corrected chi connectivity index (χ1v) is 8.97. The summed E-state index contributed by atoms with van der Waals surface area (Å²) in [6, 6.07) is 12.2. The number of hydrogen-bond donors (Lipinski definition) is 1. The van der Waals surface area contributed by atoms with Crippen molar-refractivity contribution in [2.24, 2.45) is 5.92 Å². The van der Waals surface area contributed by atoms with E-state index in [1.165, 1.54) is 30.9 Å². The first-order chi connectivity index (χ1) is 12.7. The van der Waals surface area contributed by atoms with Gasteiger partial charge in [-0.15, -0.1) is 0 Å². The van der Waals surface area contributed by atoms with E-state index in [0.717, 1.165) is 5.56 Å². The van der Waals surface area contributed by atoms with Gasteiger partial charge in [-0.2, -0.15) is 0 Å². The first kappa shape index (κ1) is 20.4. The second kappa shape index (κ2) is 8.66. The van der Waals surface area contributed by atoms with Crippen LogP contribution in [0.15, 0.2) is 42.5 Å². The van der Waals surface area contributed by atoms with E-state index in [-0.39, 0.29) is 34.9 Å². The van der Waals surface area contributed by atoms with Crippen LogP contribution in [0.2, 0.25) is 0 Å². The monoisotopic (exact) mass is 370 g/mol.